The SMILES string of the molecule is Cc1sc(-c2sc(-c3cccs3)c(-c3cccs3)c2-c2cccs2)c(-c2cccs2)c1C. The maximum Gasteiger partial charge on any atom is 0.0549 e. The second-order valence-electron chi connectivity index (χ2n) is 7.41. The van der Waals surface area contributed by atoms with Crippen LogP contribution in [0.1, 0.15) is 10.4 Å². The van der Waals surface area contributed by atoms with Crippen molar-refractivity contribution < 1.29 is 0 Å². The summed E-state index contributed by atoms with van der Waals surface area (Å²) in [6, 6.07) is 17.8. The number of rotatable bonds is 5. The molecule has 0 saturated carbocycles. The highest BCUT2D eigenvalue weighted by atomic mass is 32.1. The second-order valence-corrected chi connectivity index (χ2v) is 13.4. The molecule has 0 unspecified atom stereocenters. The second kappa shape index (κ2) is 8.52. The van der Waals surface area contributed by atoms with Crippen LogP contribution in [0.3, 0.4) is 0 Å². The highest BCUT2D eigenvalue weighted by molar-refractivity contribution is 7.28. The van der Waals surface area contributed by atoms with E-state index < -0.39 is 0 Å². The summed E-state index contributed by atoms with van der Waals surface area (Å²) in [6.45, 7) is 4.54. The first-order valence-electron chi connectivity index (χ1n) is 10.1. The Hall–Kier alpha value is -1.80. The van der Waals surface area contributed by atoms with Gasteiger partial charge in [0.2, 0.25) is 0 Å². The van der Waals surface area contributed by atoms with Crippen LogP contribution in [-0.2, 0) is 0 Å². The van der Waals surface area contributed by atoms with Crippen molar-refractivity contribution in [2.45, 2.75) is 13.8 Å². The summed E-state index contributed by atoms with van der Waals surface area (Å²) in [4.78, 5) is 11.0. The minimum Gasteiger partial charge on any atom is -0.144 e. The van der Waals surface area contributed by atoms with Crippen LogP contribution < -0.4 is 0 Å². The van der Waals surface area contributed by atoms with Crippen molar-refractivity contribution in [1.82, 2.24) is 0 Å². The van der Waals surface area contributed by atoms with E-state index in [4.69, 9.17) is 0 Å². The lowest BCUT2D eigenvalue weighted by Gasteiger charge is -2.07. The Morgan fingerprint density at radius 3 is 1.41 bits per heavy atom. The van der Waals surface area contributed by atoms with Crippen molar-refractivity contribution in [3.63, 3.8) is 0 Å². The molecule has 6 aromatic heterocycles. The highest BCUT2D eigenvalue weighted by Gasteiger charge is 2.28. The van der Waals surface area contributed by atoms with Crippen LogP contribution in [0, 0.1) is 13.8 Å². The predicted molar refractivity (Wildman–Crippen MR) is 150 cm³/mol. The van der Waals surface area contributed by atoms with E-state index >= 15 is 0 Å². The molecule has 0 fully saturated rings. The molecular formula is C26H18S6. The number of thiophene rings is 6. The summed E-state index contributed by atoms with van der Waals surface area (Å²) < 4.78 is 0. The van der Waals surface area contributed by atoms with Crippen molar-refractivity contribution in [3.8, 4) is 50.8 Å². The molecule has 32 heavy (non-hydrogen) atoms. The lowest BCUT2D eigenvalue weighted by atomic mass is 10.0. The third-order valence-corrected chi connectivity index (χ3v) is 11.8. The van der Waals surface area contributed by atoms with E-state index in [1.165, 1.54) is 61.3 Å². The van der Waals surface area contributed by atoms with Gasteiger partial charge in [-0.15, -0.1) is 68.0 Å². The van der Waals surface area contributed by atoms with Gasteiger partial charge in [0.1, 0.15) is 0 Å². The van der Waals surface area contributed by atoms with Gasteiger partial charge in [-0.25, -0.2) is 0 Å². The summed E-state index contributed by atoms with van der Waals surface area (Å²) in [7, 11) is 0. The van der Waals surface area contributed by atoms with Gasteiger partial charge < -0.3 is 0 Å². The molecule has 0 atom stereocenters. The van der Waals surface area contributed by atoms with E-state index in [1.54, 1.807) is 0 Å². The first-order chi connectivity index (χ1) is 15.7. The van der Waals surface area contributed by atoms with Crippen LogP contribution in [0.15, 0.2) is 70.1 Å². The number of hydrogen-bond donors (Lipinski definition) is 0. The van der Waals surface area contributed by atoms with E-state index in [2.05, 4.69) is 83.9 Å². The zero-order valence-corrected chi connectivity index (χ0v) is 22.3. The predicted octanol–water partition coefficient (Wildman–Crippen LogP) is 11.0. The quantitative estimate of drug-likeness (QED) is 0.211. The molecule has 0 bridgehead atoms. The Bertz CT molecular complexity index is 1450. The Kier molecular flexibility index (Phi) is 5.53. The van der Waals surface area contributed by atoms with E-state index in [1.807, 2.05) is 68.0 Å². The van der Waals surface area contributed by atoms with Gasteiger partial charge in [-0.2, -0.15) is 0 Å². The molecular weight excluding hydrogens is 505 g/mol. The summed E-state index contributed by atoms with van der Waals surface area (Å²) in [5, 5.41) is 8.77. The van der Waals surface area contributed by atoms with E-state index in [-0.39, 0.29) is 0 Å². The Balaban J connectivity index is 1.73. The Morgan fingerprint density at radius 1 is 0.469 bits per heavy atom. The first kappa shape index (κ1) is 20.8. The fourth-order valence-corrected chi connectivity index (χ4v) is 10.1. The molecule has 0 aliphatic rings. The van der Waals surface area contributed by atoms with Crippen LogP contribution >= 0.6 is 68.0 Å². The number of hydrogen-bond acceptors (Lipinski definition) is 6. The van der Waals surface area contributed by atoms with Gasteiger partial charge >= 0.3 is 0 Å². The zero-order valence-electron chi connectivity index (χ0n) is 17.4. The summed E-state index contributed by atoms with van der Waals surface area (Å²) in [5.74, 6) is 0. The minimum absolute atomic E-state index is 1.35. The first-order valence-corrected chi connectivity index (χ1v) is 15.3. The average molecular weight is 523 g/mol. The third kappa shape index (κ3) is 3.41. The average Bonchev–Trinajstić information content (AvgIpc) is 3.63. The molecule has 6 aromatic rings. The van der Waals surface area contributed by atoms with Crippen LogP contribution in [0.4, 0.5) is 0 Å². The van der Waals surface area contributed by atoms with Crippen LogP contribution in [-0.4, -0.2) is 0 Å². The van der Waals surface area contributed by atoms with Gasteiger partial charge in [0.15, 0.2) is 0 Å². The largest absolute Gasteiger partial charge is 0.144 e. The minimum atomic E-state index is 1.35. The van der Waals surface area contributed by atoms with E-state index in [9.17, 15) is 0 Å². The third-order valence-electron chi connectivity index (χ3n) is 5.55. The summed E-state index contributed by atoms with van der Waals surface area (Å²) in [5.41, 5.74) is 5.62. The number of aryl methyl sites for hydroxylation is 1. The molecule has 158 valence electrons. The lowest BCUT2D eigenvalue weighted by Crippen LogP contribution is -1.81. The Morgan fingerprint density at radius 2 is 0.906 bits per heavy atom. The van der Waals surface area contributed by atoms with Crippen LogP contribution in [0.2, 0.25) is 0 Å². The van der Waals surface area contributed by atoms with Gasteiger partial charge in [0.25, 0.3) is 0 Å². The van der Waals surface area contributed by atoms with Crippen molar-refractivity contribution in [3.05, 3.63) is 80.5 Å². The van der Waals surface area contributed by atoms with Crippen molar-refractivity contribution in [2.24, 2.45) is 0 Å². The van der Waals surface area contributed by atoms with Gasteiger partial charge in [0, 0.05) is 41.1 Å². The van der Waals surface area contributed by atoms with E-state index in [0.29, 0.717) is 0 Å². The van der Waals surface area contributed by atoms with Gasteiger partial charge in [0.05, 0.1) is 14.6 Å². The van der Waals surface area contributed by atoms with Crippen molar-refractivity contribution in [2.75, 3.05) is 0 Å². The molecule has 6 heteroatoms. The Labute approximate surface area is 211 Å². The highest BCUT2D eigenvalue weighted by Crippen LogP contribution is 2.57. The molecule has 0 amide bonds. The zero-order chi connectivity index (χ0) is 21.7. The molecule has 0 aliphatic carbocycles. The smallest absolute Gasteiger partial charge is 0.0549 e. The molecule has 6 heterocycles. The van der Waals surface area contributed by atoms with Crippen LogP contribution in [0.25, 0.3) is 50.8 Å². The topological polar surface area (TPSA) is 0 Å². The van der Waals surface area contributed by atoms with Gasteiger partial charge in [-0.3, -0.25) is 0 Å². The standard InChI is InChI=1S/C26H18S6/c1-15-16(2)31-25(21(15)17-7-3-11-27-17)26-23(19-9-5-13-29-19)22(18-8-4-12-28-18)24(32-26)20-10-6-14-30-20/h3-14H,1-2H3. The van der Waals surface area contributed by atoms with E-state index in [0.717, 1.165) is 0 Å². The molecule has 0 aliphatic heterocycles. The summed E-state index contributed by atoms with van der Waals surface area (Å²) >= 11 is 11.3. The van der Waals surface area contributed by atoms with Crippen molar-refractivity contribution in [1.29, 1.82) is 0 Å². The summed E-state index contributed by atoms with van der Waals surface area (Å²) in [6.07, 6.45) is 0. The molecule has 0 N–H and O–H groups in total. The molecule has 0 saturated heterocycles. The maximum absolute atomic E-state index is 2.28. The van der Waals surface area contributed by atoms with Gasteiger partial charge in [-0.05, 0) is 65.2 Å². The molecule has 6 rings (SSSR count). The fourth-order valence-electron chi connectivity index (χ4n) is 3.99. The molecule has 0 radical (unpaired) electrons. The maximum atomic E-state index is 2.28. The van der Waals surface area contributed by atoms with Crippen LogP contribution in [0.5, 0.6) is 0 Å². The van der Waals surface area contributed by atoms with Gasteiger partial charge in [-0.1, -0.05) is 24.3 Å². The molecule has 0 aromatic carbocycles. The normalized spacial score (nSPS) is 11.4. The fraction of sp³-hybridized carbons (Fsp3) is 0.0769. The van der Waals surface area contributed by atoms with Crippen molar-refractivity contribution >= 4 is 68.0 Å². The molecule has 0 spiro atoms. The lowest BCUT2D eigenvalue weighted by molar-refractivity contribution is 1.45. The monoisotopic (exact) mass is 522 g/mol. The molecule has 0 nitrogen and oxygen atoms in total.